The van der Waals surface area contributed by atoms with Crippen LogP contribution < -0.4 is 16.2 Å². The fraction of sp³-hybridized carbons (Fsp3) is 0.190. The van der Waals surface area contributed by atoms with Crippen LogP contribution in [0.2, 0.25) is 0 Å². The molecule has 0 spiro atoms. The number of aromatic nitrogens is 4. The Hall–Kier alpha value is -3.61. The van der Waals surface area contributed by atoms with Gasteiger partial charge in [-0.05, 0) is 50.2 Å². The van der Waals surface area contributed by atoms with Gasteiger partial charge < -0.3 is 20.8 Å². The molecule has 4 N–H and O–H groups in total. The maximum absolute atomic E-state index is 6.02. The van der Waals surface area contributed by atoms with Gasteiger partial charge in [0.1, 0.15) is 34.8 Å². The van der Waals surface area contributed by atoms with Crippen molar-refractivity contribution in [3.8, 4) is 17.0 Å². The number of imidazole rings is 1. The number of fused-ring (bicyclic) bond motifs is 1. The van der Waals surface area contributed by atoms with Gasteiger partial charge in [0.15, 0.2) is 5.65 Å². The zero-order chi connectivity index (χ0) is 19.7. The van der Waals surface area contributed by atoms with E-state index in [1.165, 1.54) is 0 Å². The smallest absolute Gasteiger partial charge is 0.160 e. The van der Waals surface area contributed by atoms with Crippen molar-refractivity contribution >= 4 is 22.8 Å². The van der Waals surface area contributed by atoms with Crippen molar-refractivity contribution in [1.29, 1.82) is 0 Å². The van der Waals surface area contributed by atoms with Crippen LogP contribution in [0.15, 0.2) is 54.6 Å². The molecule has 1 atom stereocenters. The lowest BCUT2D eigenvalue weighted by Gasteiger charge is -2.16. The van der Waals surface area contributed by atoms with E-state index in [0.717, 1.165) is 34.0 Å². The van der Waals surface area contributed by atoms with E-state index >= 15 is 0 Å². The van der Waals surface area contributed by atoms with E-state index < -0.39 is 0 Å². The molecule has 142 valence electrons. The second-order valence-electron chi connectivity index (χ2n) is 6.76. The van der Waals surface area contributed by atoms with Gasteiger partial charge in [-0.2, -0.15) is 0 Å². The van der Waals surface area contributed by atoms with Crippen molar-refractivity contribution in [2.45, 2.75) is 26.5 Å². The van der Waals surface area contributed by atoms with E-state index in [9.17, 15) is 0 Å². The number of nitrogens with two attached hydrogens (primary N) is 2. The molecule has 7 nitrogen and oxygen atoms in total. The number of ether oxygens (including phenoxy) is 1. The van der Waals surface area contributed by atoms with E-state index in [0.29, 0.717) is 18.2 Å². The molecule has 1 aromatic carbocycles. The molecular weight excluding hydrogens is 352 g/mol. The first-order valence-corrected chi connectivity index (χ1v) is 9.08. The molecule has 0 bridgehead atoms. The quantitative estimate of drug-likeness (QED) is 0.554. The third kappa shape index (κ3) is 3.59. The normalized spacial score (nSPS) is 12.2. The lowest BCUT2D eigenvalue weighted by atomic mass is 10.1. The Balaban J connectivity index is 1.67. The van der Waals surface area contributed by atoms with Gasteiger partial charge in [-0.3, -0.25) is 0 Å². The van der Waals surface area contributed by atoms with Crippen LogP contribution in [-0.4, -0.2) is 25.6 Å². The lowest BCUT2D eigenvalue weighted by Crippen LogP contribution is -2.20. The summed E-state index contributed by atoms with van der Waals surface area (Å²) in [5.41, 5.74) is 14.9. The Labute approximate surface area is 163 Å². The SMILES string of the molecule is Cc1nc2ccc(-c3cc(N)nc(N)c3)nc2n1C[C@@H](C)Oc1ccccc1. The van der Waals surface area contributed by atoms with Crippen molar-refractivity contribution < 1.29 is 4.74 Å². The number of para-hydroxylation sites is 1. The number of nitrogens with zero attached hydrogens (tertiary/aromatic N) is 4. The molecular formula is C21H22N6O. The summed E-state index contributed by atoms with van der Waals surface area (Å²) in [5, 5.41) is 0. The molecule has 0 aliphatic heterocycles. The highest BCUT2D eigenvalue weighted by Crippen LogP contribution is 2.24. The fourth-order valence-electron chi connectivity index (χ4n) is 3.24. The van der Waals surface area contributed by atoms with Crippen molar-refractivity contribution in [2.75, 3.05) is 11.5 Å². The van der Waals surface area contributed by atoms with E-state index in [1.54, 1.807) is 12.1 Å². The number of nitrogen functional groups attached to an aromatic ring is 2. The molecule has 3 aromatic heterocycles. The van der Waals surface area contributed by atoms with Gasteiger partial charge in [0.25, 0.3) is 0 Å². The Morgan fingerprint density at radius 2 is 1.68 bits per heavy atom. The highest BCUT2D eigenvalue weighted by atomic mass is 16.5. The van der Waals surface area contributed by atoms with Crippen LogP contribution >= 0.6 is 0 Å². The Morgan fingerprint density at radius 1 is 0.964 bits per heavy atom. The number of hydrogen-bond donors (Lipinski definition) is 2. The van der Waals surface area contributed by atoms with Crippen LogP contribution in [-0.2, 0) is 6.54 Å². The van der Waals surface area contributed by atoms with Gasteiger partial charge >= 0.3 is 0 Å². The molecule has 28 heavy (non-hydrogen) atoms. The zero-order valence-corrected chi connectivity index (χ0v) is 15.8. The van der Waals surface area contributed by atoms with Gasteiger partial charge in [0.2, 0.25) is 0 Å². The summed E-state index contributed by atoms with van der Waals surface area (Å²) >= 11 is 0. The minimum atomic E-state index is -0.0452. The molecule has 7 heteroatoms. The first-order valence-electron chi connectivity index (χ1n) is 9.08. The number of aryl methyl sites for hydroxylation is 1. The van der Waals surface area contributed by atoms with E-state index in [-0.39, 0.29) is 6.10 Å². The molecule has 0 saturated heterocycles. The molecule has 4 aromatic rings. The topological polar surface area (TPSA) is 105 Å². The fourth-order valence-corrected chi connectivity index (χ4v) is 3.24. The summed E-state index contributed by atoms with van der Waals surface area (Å²) in [6, 6.07) is 17.2. The molecule has 0 aliphatic rings. The molecule has 0 unspecified atom stereocenters. The highest BCUT2D eigenvalue weighted by molar-refractivity contribution is 5.77. The van der Waals surface area contributed by atoms with Gasteiger partial charge in [-0.15, -0.1) is 0 Å². The molecule has 0 aliphatic carbocycles. The van der Waals surface area contributed by atoms with Crippen LogP contribution in [0.1, 0.15) is 12.7 Å². The number of hydrogen-bond acceptors (Lipinski definition) is 6. The largest absolute Gasteiger partial charge is 0.489 e. The monoisotopic (exact) mass is 374 g/mol. The first-order chi connectivity index (χ1) is 13.5. The maximum Gasteiger partial charge on any atom is 0.160 e. The summed E-state index contributed by atoms with van der Waals surface area (Å²) < 4.78 is 8.09. The number of benzene rings is 1. The standard InChI is InChI=1S/C21H22N6O/c1-13(28-16-6-4-3-5-7-16)12-27-14(2)24-18-9-8-17(25-21(18)27)15-10-19(22)26-20(23)11-15/h3-11,13H,12H2,1-2H3,(H4,22,23,26)/t13-/m1/s1. The highest BCUT2D eigenvalue weighted by Gasteiger charge is 2.14. The summed E-state index contributed by atoms with van der Waals surface area (Å²) in [7, 11) is 0. The van der Waals surface area contributed by atoms with E-state index in [2.05, 4.69) is 14.5 Å². The van der Waals surface area contributed by atoms with Gasteiger partial charge in [-0.1, -0.05) is 18.2 Å². The average Bonchev–Trinajstić information content (AvgIpc) is 2.96. The number of pyridine rings is 2. The van der Waals surface area contributed by atoms with E-state index in [1.807, 2.05) is 56.3 Å². The van der Waals surface area contributed by atoms with Crippen molar-refractivity contribution in [3.63, 3.8) is 0 Å². The van der Waals surface area contributed by atoms with Crippen molar-refractivity contribution in [1.82, 2.24) is 19.5 Å². The minimum absolute atomic E-state index is 0.0452. The molecule has 0 radical (unpaired) electrons. The van der Waals surface area contributed by atoms with E-state index in [4.69, 9.17) is 21.2 Å². The molecule has 3 heterocycles. The molecule has 0 amide bonds. The van der Waals surface area contributed by atoms with Crippen LogP contribution in [0.25, 0.3) is 22.4 Å². The Bertz CT molecular complexity index is 1100. The van der Waals surface area contributed by atoms with Crippen LogP contribution in [0.3, 0.4) is 0 Å². The Morgan fingerprint density at radius 3 is 2.39 bits per heavy atom. The second kappa shape index (κ2) is 7.19. The lowest BCUT2D eigenvalue weighted by molar-refractivity contribution is 0.200. The summed E-state index contributed by atoms with van der Waals surface area (Å²) in [5.74, 6) is 2.46. The summed E-state index contributed by atoms with van der Waals surface area (Å²) in [6.45, 7) is 4.64. The second-order valence-corrected chi connectivity index (χ2v) is 6.76. The third-order valence-corrected chi connectivity index (χ3v) is 4.46. The number of anilines is 2. The van der Waals surface area contributed by atoms with Gasteiger partial charge in [-0.25, -0.2) is 15.0 Å². The van der Waals surface area contributed by atoms with Crippen molar-refractivity contribution in [3.05, 3.63) is 60.4 Å². The average molecular weight is 374 g/mol. The molecule has 0 saturated carbocycles. The first kappa shape index (κ1) is 17.8. The third-order valence-electron chi connectivity index (χ3n) is 4.46. The number of rotatable bonds is 5. The zero-order valence-electron chi connectivity index (χ0n) is 15.8. The Kier molecular flexibility index (Phi) is 4.57. The van der Waals surface area contributed by atoms with Crippen LogP contribution in [0.4, 0.5) is 11.6 Å². The van der Waals surface area contributed by atoms with Crippen LogP contribution in [0, 0.1) is 6.92 Å². The van der Waals surface area contributed by atoms with Crippen LogP contribution in [0.5, 0.6) is 5.75 Å². The maximum atomic E-state index is 6.02. The predicted octanol–water partition coefficient (Wildman–Crippen LogP) is 3.43. The summed E-state index contributed by atoms with van der Waals surface area (Å²) in [4.78, 5) is 13.5. The predicted molar refractivity (Wildman–Crippen MR) is 111 cm³/mol. The summed E-state index contributed by atoms with van der Waals surface area (Å²) in [6.07, 6.45) is -0.0452. The minimum Gasteiger partial charge on any atom is -0.489 e. The molecule has 0 fully saturated rings. The van der Waals surface area contributed by atoms with Gasteiger partial charge in [0.05, 0.1) is 12.2 Å². The van der Waals surface area contributed by atoms with Crippen molar-refractivity contribution in [2.24, 2.45) is 0 Å². The molecule has 4 rings (SSSR count). The van der Waals surface area contributed by atoms with Gasteiger partial charge in [0, 0.05) is 5.56 Å².